The maximum absolute atomic E-state index is 5.83. The van der Waals surface area contributed by atoms with Crippen LogP contribution >= 0.6 is 11.6 Å². The van der Waals surface area contributed by atoms with E-state index in [0.717, 1.165) is 5.02 Å². The summed E-state index contributed by atoms with van der Waals surface area (Å²) in [6.07, 6.45) is 0. The second kappa shape index (κ2) is 4.33. The van der Waals surface area contributed by atoms with Gasteiger partial charge in [0, 0.05) is 16.6 Å². The third-order valence-corrected chi connectivity index (χ3v) is 2.27. The second-order valence-electron chi connectivity index (χ2n) is 4.67. The fourth-order valence-corrected chi connectivity index (χ4v) is 1.61. The Balaban J connectivity index is 2.70. The Hall–Kier alpha value is -0.530. The van der Waals surface area contributed by atoms with Gasteiger partial charge in [-0.25, -0.2) is 0 Å². The number of hydrogen-bond donors (Lipinski definition) is 1. The number of nitrogens with one attached hydrogen (secondary N) is 1. The van der Waals surface area contributed by atoms with E-state index < -0.39 is 0 Å². The van der Waals surface area contributed by atoms with E-state index in [1.54, 1.807) is 0 Å². The van der Waals surface area contributed by atoms with Gasteiger partial charge in [-0.15, -0.1) is 0 Å². The van der Waals surface area contributed by atoms with E-state index in [4.69, 9.17) is 11.6 Å². The van der Waals surface area contributed by atoms with Crippen molar-refractivity contribution in [3.8, 4) is 0 Å². The largest absolute Gasteiger partial charge is 0.306 e. The first kappa shape index (κ1) is 11.5. The van der Waals surface area contributed by atoms with Gasteiger partial charge in [0.15, 0.2) is 0 Å². The normalized spacial score (nSPS) is 14.1. The number of hydrogen-bond acceptors (Lipinski definition) is 1. The van der Waals surface area contributed by atoms with E-state index in [0.29, 0.717) is 6.04 Å². The molecule has 1 aromatic rings. The van der Waals surface area contributed by atoms with Crippen molar-refractivity contribution < 1.29 is 0 Å². The molecule has 0 spiro atoms. The maximum atomic E-state index is 5.83. The molecule has 0 fully saturated rings. The van der Waals surface area contributed by atoms with Gasteiger partial charge >= 0.3 is 0 Å². The molecule has 0 radical (unpaired) electrons. The predicted octanol–water partition coefficient (Wildman–Crippen LogP) is 3.79. The monoisotopic (exact) mass is 211 g/mol. The minimum Gasteiger partial charge on any atom is -0.306 e. The molecule has 1 rings (SSSR count). The van der Waals surface area contributed by atoms with Crippen molar-refractivity contribution in [3.05, 3.63) is 34.9 Å². The Morgan fingerprint density at radius 1 is 1.14 bits per heavy atom. The zero-order valence-corrected chi connectivity index (χ0v) is 10.0. The first-order chi connectivity index (χ1) is 6.38. The van der Waals surface area contributed by atoms with Crippen LogP contribution in [0.25, 0.3) is 0 Å². The molecule has 0 aliphatic carbocycles. The van der Waals surface area contributed by atoms with E-state index in [1.165, 1.54) is 5.56 Å². The van der Waals surface area contributed by atoms with Crippen LogP contribution in [0, 0.1) is 0 Å². The molecule has 0 aliphatic heterocycles. The molecule has 0 bridgehead atoms. The van der Waals surface area contributed by atoms with E-state index in [1.807, 2.05) is 12.1 Å². The first-order valence-electron chi connectivity index (χ1n) is 4.92. The molecule has 78 valence electrons. The zero-order chi connectivity index (χ0) is 10.8. The van der Waals surface area contributed by atoms with Crippen molar-refractivity contribution in [1.82, 2.24) is 5.32 Å². The number of benzene rings is 1. The molecule has 0 saturated carbocycles. The average molecular weight is 212 g/mol. The highest BCUT2D eigenvalue weighted by Gasteiger charge is 2.14. The topological polar surface area (TPSA) is 12.0 Å². The van der Waals surface area contributed by atoms with Gasteiger partial charge in [0.25, 0.3) is 0 Å². The van der Waals surface area contributed by atoms with Gasteiger partial charge in [0.05, 0.1) is 0 Å². The Kier molecular flexibility index (Phi) is 3.57. The molecule has 1 N–H and O–H groups in total. The molecule has 0 aromatic heterocycles. The van der Waals surface area contributed by atoms with Crippen LogP contribution in [0.2, 0.25) is 5.02 Å². The van der Waals surface area contributed by atoms with Crippen LogP contribution in [0.5, 0.6) is 0 Å². The van der Waals surface area contributed by atoms with Gasteiger partial charge in [-0.3, -0.25) is 0 Å². The molecular formula is C12H18ClN. The summed E-state index contributed by atoms with van der Waals surface area (Å²) in [5.74, 6) is 0. The third kappa shape index (κ3) is 3.69. The van der Waals surface area contributed by atoms with Crippen molar-refractivity contribution in [2.45, 2.75) is 39.3 Å². The van der Waals surface area contributed by atoms with Gasteiger partial charge in [0.2, 0.25) is 0 Å². The van der Waals surface area contributed by atoms with E-state index in [-0.39, 0.29) is 5.54 Å². The van der Waals surface area contributed by atoms with Gasteiger partial charge < -0.3 is 5.32 Å². The fraction of sp³-hybridized carbons (Fsp3) is 0.500. The van der Waals surface area contributed by atoms with Crippen molar-refractivity contribution >= 4 is 11.6 Å². The number of rotatable bonds is 2. The summed E-state index contributed by atoms with van der Waals surface area (Å²) >= 11 is 5.83. The minimum absolute atomic E-state index is 0.138. The SMILES string of the molecule is C[C@H](NC(C)(C)C)c1ccc(Cl)cc1. The second-order valence-corrected chi connectivity index (χ2v) is 5.10. The predicted molar refractivity (Wildman–Crippen MR) is 62.8 cm³/mol. The Bertz CT molecular complexity index is 284. The van der Waals surface area contributed by atoms with Crippen LogP contribution in [0.15, 0.2) is 24.3 Å². The fourth-order valence-electron chi connectivity index (χ4n) is 1.48. The van der Waals surface area contributed by atoms with Gasteiger partial charge in [-0.05, 0) is 45.4 Å². The van der Waals surface area contributed by atoms with Crippen LogP contribution in [0.1, 0.15) is 39.3 Å². The molecule has 0 aliphatic rings. The van der Waals surface area contributed by atoms with E-state index in [2.05, 4.69) is 45.1 Å². The van der Waals surface area contributed by atoms with Gasteiger partial charge in [-0.2, -0.15) is 0 Å². The van der Waals surface area contributed by atoms with Crippen molar-refractivity contribution in [3.63, 3.8) is 0 Å². The highest BCUT2D eigenvalue weighted by atomic mass is 35.5. The molecule has 1 aromatic carbocycles. The van der Waals surface area contributed by atoms with E-state index >= 15 is 0 Å². The maximum Gasteiger partial charge on any atom is 0.0406 e. The standard InChI is InChI=1S/C12H18ClN/c1-9(14-12(2,3)4)10-5-7-11(13)8-6-10/h5-9,14H,1-4H3/t9-/m0/s1. The molecule has 0 amide bonds. The summed E-state index contributed by atoms with van der Waals surface area (Å²) in [5.41, 5.74) is 1.41. The van der Waals surface area contributed by atoms with Crippen LogP contribution < -0.4 is 5.32 Å². The Labute approximate surface area is 91.5 Å². The van der Waals surface area contributed by atoms with Crippen LogP contribution in [-0.4, -0.2) is 5.54 Å². The van der Waals surface area contributed by atoms with Crippen LogP contribution in [-0.2, 0) is 0 Å². The van der Waals surface area contributed by atoms with E-state index in [9.17, 15) is 0 Å². The minimum atomic E-state index is 0.138. The number of halogens is 1. The van der Waals surface area contributed by atoms with Crippen molar-refractivity contribution in [2.75, 3.05) is 0 Å². The molecule has 0 unspecified atom stereocenters. The summed E-state index contributed by atoms with van der Waals surface area (Å²) in [4.78, 5) is 0. The molecule has 0 heterocycles. The lowest BCUT2D eigenvalue weighted by atomic mass is 10.0. The molecule has 14 heavy (non-hydrogen) atoms. The Morgan fingerprint density at radius 2 is 1.64 bits per heavy atom. The third-order valence-electron chi connectivity index (χ3n) is 2.02. The quantitative estimate of drug-likeness (QED) is 0.785. The molecule has 0 saturated heterocycles. The highest BCUT2D eigenvalue weighted by Crippen LogP contribution is 2.18. The highest BCUT2D eigenvalue weighted by molar-refractivity contribution is 6.30. The van der Waals surface area contributed by atoms with Crippen molar-refractivity contribution in [1.29, 1.82) is 0 Å². The molecule has 2 heteroatoms. The average Bonchev–Trinajstić information content (AvgIpc) is 2.02. The van der Waals surface area contributed by atoms with Gasteiger partial charge in [-0.1, -0.05) is 23.7 Å². The summed E-state index contributed by atoms with van der Waals surface area (Å²) in [6.45, 7) is 8.66. The summed E-state index contributed by atoms with van der Waals surface area (Å²) < 4.78 is 0. The molecule has 1 nitrogen and oxygen atoms in total. The van der Waals surface area contributed by atoms with Crippen LogP contribution in [0.4, 0.5) is 0 Å². The summed E-state index contributed by atoms with van der Waals surface area (Å²) in [7, 11) is 0. The smallest absolute Gasteiger partial charge is 0.0406 e. The van der Waals surface area contributed by atoms with Crippen LogP contribution in [0.3, 0.4) is 0 Å². The lowest BCUT2D eigenvalue weighted by Gasteiger charge is -2.26. The summed E-state index contributed by atoms with van der Waals surface area (Å²) in [6, 6.07) is 8.33. The first-order valence-corrected chi connectivity index (χ1v) is 5.29. The molecular weight excluding hydrogens is 194 g/mol. The zero-order valence-electron chi connectivity index (χ0n) is 9.26. The molecule has 1 atom stereocenters. The Morgan fingerprint density at radius 3 is 2.07 bits per heavy atom. The van der Waals surface area contributed by atoms with Crippen molar-refractivity contribution in [2.24, 2.45) is 0 Å². The lowest BCUT2D eigenvalue weighted by Crippen LogP contribution is -2.37. The lowest BCUT2D eigenvalue weighted by molar-refractivity contribution is 0.378. The van der Waals surface area contributed by atoms with Gasteiger partial charge in [0.1, 0.15) is 0 Å². The summed E-state index contributed by atoms with van der Waals surface area (Å²) in [5, 5.41) is 4.30.